The fourth-order valence-electron chi connectivity index (χ4n) is 6.43. The number of hydrogen-bond donors (Lipinski definition) is 4. The summed E-state index contributed by atoms with van der Waals surface area (Å²) < 4.78 is 10.9. The van der Waals surface area contributed by atoms with Gasteiger partial charge in [0.2, 0.25) is 5.79 Å². The molecular formula is C35H64O7. The van der Waals surface area contributed by atoms with Gasteiger partial charge in [0.15, 0.2) is 0 Å². The van der Waals surface area contributed by atoms with Gasteiger partial charge in [-0.3, -0.25) is 0 Å². The van der Waals surface area contributed by atoms with Crippen LogP contribution in [0, 0.1) is 0 Å². The fourth-order valence-corrected chi connectivity index (χ4v) is 6.43. The number of aliphatic hydroxyl groups excluding tert-OH is 3. The number of rotatable bonds is 26. The molecule has 2 heterocycles. The van der Waals surface area contributed by atoms with Gasteiger partial charge in [0.05, 0.1) is 30.5 Å². The Balaban J connectivity index is 1.38. The third kappa shape index (κ3) is 16.2. The van der Waals surface area contributed by atoms with Crippen LogP contribution in [0.3, 0.4) is 0 Å². The SMILES string of the molecule is CCCCCCCCCCCC[C@@H](O)[C@H]1CC[C@H]([C@H](O)CCCCCCCCCC[C@@H](O)CC2=CC(C)(O)OC2=O)O1. The largest absolute Gasteiger partial charge is 0.426 e. The van der Waals surface area contributed by atoms with E-state index in [0.29, 0.717) is 12.0 Å². The van der Waals surface area contributed by atoms with E-state index in [-0.39, 0.29) is 18.6 Å². The molecule has 1 unspecified atom stereocenters. The lowest BCUT2D eigenvalue weighted by Gasteiger charge is -2.22. The zero-order valence-electron chi connectivity index (χ0n) is 26.9. The Morgan fingerprint density at radius 2 is 1.12 bits per heavy atom. The summed E-state index contributed by atoms with van der Waals surface area (Å²) in [4.78, 5) is 11.7. The number of aliphatic hydroxyl groups is 4. The van der Waals surface area contributed by atoms with E-state index in [1.165, 1.54) is 83.6 Å². The van der Waals surface area contributed by atoms with Crippen LogP contribution in [0.2, 0.25) is 0 Å². The molecule has 0 aliphatic carbocycles. The maximum atomic E-state index is 11.7. The molecule has 0 aromatic carbocycles. The number of ether oxygens (including phenoxy) is 2. The third-order valence-corrected chi connectivity index (χ3v) is 9.04. The number of hydrogen-bond acceptors (Lipinski definition) is 7. The van der Waals surface area contributed by atoms with E-state index < -0.39 is 30.1 Å². The first-order valence-electron chi connectivity index (χ1n) is 17.6. The van der Waals surface area contributed by atoms with Gasteiger partial charge >= 0.3 is 5.97 Å². The number of carbonyl (C=O) groups excluding carboxylic acids is 1. The van der Waals surface area contributed by atoms with Gasteiger partial charge in [-0.05, 0) is 38.2 Å². The zero-order chi connectivity index (χ0) is 30.6. The highest BCUT2D eigenvalue weighted by Gasteiger charge is 2.35. The van der Waals surface area contributed by atoms with Crippen LogP contribution < -0.4 is 0 Å². The summed E-state index contributed by atoms with van der Waals surface area (Å²) in [7, 11) is 0. The van der Waals surface area contributed by atoms with Crippen molar-refractivity contribution >= 4 is 5.97 Å². The predicted molar refractivity (Wildman–Crippen MR) is 168 cm³/mol. The van der Waals surface area contributed by atoms with Crippen LogP contribution >= 0.6 is 0 Å². The number of unbranched alkanes of at least 4 members (excludes halogenated alkanes) is 16. The van der Waals surface area contributed by atoms with Crippen LogP contribution in [0.1, 0.15) is 168 Å². The van der Waals surface area contributed by atoms with Crippen LogP contribution in [-0.2, 0) is 14.3 Å². The molecule has 0 bridgehead atoms. The fraction of sp³-hybridized carbons (Fsp3) is 0.914. The summed E-state index contributed by atoms with van der Waals surface area (Å²) >= 11 is 0. The van der Waals surface area contributed by atoms with Crippen LogP contribution in [0.25, 0.3) is 0 Å². The van der Waals surface area contributed by atoms with E-state index in [4.69, 9.17) is 9.47 Å². The van der Waals surface area contributed by atoms with E-state index >= 15 is 0 Å². The van der Waals surface area contributed by atoms with Crippen LogP contribution in [0.15, 0.2) is 11.6 Å². The molecule has 42 heavy (non-hydrogen) atoms. The van der Waals surface area contributed by atoms with E-state index in [9.17, 15) is 25.2 Å². The summed E-state index contributed by atoms with van der Waals surface area (Å²) in [5.41, 5.74) is 0.356. The summed E-state index contributed by atoms with van der Waals surface area (Å²) in [5.74, 6) is -2.09. The smallest absolute Gasteiger partial charge is 0.336 e. The molecule has 4 N–H and O–H groups in total. The zero-order valence-corrected chi connectivity index (χ0v) is 26.9. The molecule has 7 heteroatoms. The van der Waals surface area contributed by atoms with Gasteiger partial charge in [0.25, 0.3) is 0 Å². The van der Waals surface area contributed by atoms with E-state index in [1.54, 1.807) is 0 Å². The molecule has 0 amide bonds. The van der Waals surface area contributed by atoms with Crippen molar-refractivity contribution in [2.45, 2.75) is 204 Å². The predicted octanol–water partition coefficient (Wildman–Crippen LogP) is 7.41. The lowest BCUT2D eigenvalue weighted by molar-refractivity contribution is -0.173. The van der Waals surface area contributed by atoms with E-state index in [1.807, 2.05) is 0 Å². The maximum Gasteiger partial charge on any atom is 0.336 e. The Hall–Kier alpha value is -0.990. The minimum atomic E-state index is -1.55. The van der Waals surface area contributed by atoms with Crippen LogP contribution in [0.5, 0.6) is 0 Å². The maximum absolute atomic E-state index is 11.7. The second-order valence-electron chi connectivity index (χ2n) is 13.3. The Bertz CT molecular complexity index is 737. The Kier molecular flexibility index (Phi) is 19.2. The van der Waals surface area contributed by atoms with Crippen LogP contribution in [0.4, 0.5) is 0 Å². The molecule has 1 saturated heterocycles. The molecule has 0 radical (unpaired) electrons. The first kappa shape index (κ1) is 37.2. The minimum absolute atomic E-state index is 0.114. The first-order chi connectivity index (χ1) is 20.2. The monoisotopic (exact) mass is 596 g/mol. The Morgan fingerprint density at radius 1 is 0.714 bits per heavy atom. The quantitative estimate of drug-likeness (QED) is 0.0607. The van der Waals surface area contributed by atoms with Crippen molar-refractivity contribution in [1.29, 1.82) is 0 Å². The molecule has 1 fully saturated rings. The molecule has 0 saturated carbocycles. The molecule has 246 valence electrons. The number of cyclic esters (lactones) is 1. The summed E-state index contributed by atoms with van der Waals surface area (Å²) in [5, 5.41) is 41.1. The topological polar surface area (TPSA) is 116 Å². The number of carbonyl (C=O) groups is 1. The van der Waals surface area contributed by atoms with Crippen molar-refractivity contribution in [1.82, 2.24) is 0 Å². The standard InChI is InChI=1S/C35H64O7/c1-3-4-5-6-7-8-9-13-16-19-22-30(37)32-24-25-33(41-32)31(38)23-20-17-14-11-10-12-15-18-21-29(36)26-28-27-35(2,40)42-34(28)39/h27,29-33,36-38,40H,3-26H2,1-2H3/t29-,30-,31-,32-,33-,35?/m1/s1. The van der Waals surface area contributed by atoms with Crippen molar-refractivity contribution in [2.24, 2.45) is 0 Å². The van der Waals surface area contributed by atoms with Crippen molar-refractivity contribution < 1.29 is 34.7 Å². The Labute approximate surface area is 256 Å². The average molecular weight is 597 g/mol. The average Bonchev–Trinajstić information content (AvgIpc) is 3.54. The van der Waals surface area contributed by atoms with Gasteiger partial charge in [0.1, 0.15) is 0 Å². The van der Waals surface area contributed by atoms with Crippen molar-refractivity contribution in [2.75, 3.05) is 0 Å². The number of esters is 1. The third-order valence-electron chi connectivity index (χ3n) is 9.04. The second kappa shape index (κ2) is 21.7. The van der Waals surface area contributed by atoms with Crippen LogP contribution in [-0.4, -0.2) is 62.7 Å². The summed E-state index contributed by atoms with van der Waals surface area (Å²) in [6.07, 6.45) is 25.6. The van der Waals surface area contributed by atoms with Crippen molar-refractivity contribution in [3.05, 3.63) is 11.6 Å². The molecule has 0 aromatic rings. The highest BCUT2D eigenvalue weighted by atomic mass is 16.7. The van der Waals surface area contributed by atoms with E-state index in [0.717, 1.165) is 70.6 Å². The first-order valence-corrected chi connectivity index (χ1v) is 17.6. The van der Waals surface area contributed by atoms with Gasteiger partial charge in [-0.2, -0.15) is 0 Å². The molecular weight excluding hydrogens is 532 g/mol. The molecule has 7 nitrogen and oxygen atoms in total. The van der Waals surface area contributed by atoms with Crippen molar-refractivity contribution in [3.63, 3.8) is 0 Å². The second-order valence-corrected chi connectivity index (χ2v) is 13.3. The van der Waals surface area contributed by atoms with Gasteiger partial charge in [-0.1, -0.05) is 122 Å². The van der Waals surface area contributed by atoms with Gasteiger partial charge < -0.3 is 29.9 Å². The van der Waals surface area contributed by atoms with E-state index in [2.05, 4.69) is 6.92 Å². The highest BCUT2D eigenvalue weighted by molar-refractivity contribution is 5.91. The minimum Gasteiger partial charge on any atom is -0.426 e. The lowest BCUT2D eigenvalue weighted by Crippen LogP contribution is -2.31. The molecule has 2 rings (SSSR count). The van der Waals surface area contributed by atoms with Gasteiger partial charge in [-0.15, -0.1) is 0 Å². The lowest BCUT2D eigenvalue weighted by atomic mass is 9.99. The molecule has 0 spiro atoms. The summed E-state index contributed by atoms with van der Waals surface area (Å²) in [6.45, 7) is 3.67. The Morgan fingerprint density at radius 3 is 1.52 bits per heavy atom. The molecule has 0 aromatic heterocycles. The molecule has 6 atom stereocenters. The van der Waals surface area contributed by atoms with Gasteiger partial charge in [-0.25, -0.2) is 4.79 Å². The normalized spacial score (nSPS) is 24.5. The summed E-state index contributed by atoms with van der Waals surface area (Å²) in [6, 6.07) is 0. The molecule has 2 aliphatic heterocycles. The highest BCUT2D eigenvalue weighted by Crippen LogP contribution is 2.29. The van der Waals surface area contributed by atoms with Crippen molar-refractivity contribution in [3.8, 4) is 0 Å². The molecule has 2 aliphatic rings. The van der Waals surface area contributed by atoms with Gasteiger partial charge in [0, 0.05) is 18.9 Å².